The van der Waals surface area contributed by atoms with Crippen LogP contribution in [0.3, 0.4) is 0 Å². The van der Waals surface area contributed by atoms with Gasteiger partial charge in [-0.3, -0.25) is 4.79 Å². The van der Waals surface area contributed by atoms with Crippen LogP contribution in [0, 0.1) is 13.8 Å². The van der Waals surface area contributed by atoms with E-state index < -0.39 is 24.3 Å². The largest absolute Gasteiger partial charge is 0.482 e. The Kier molecular flexibility index (Phi) is 7.21. The molecular formula is C26H23F3O4. The zero-order valence-corrected chi connectivity index (χ0v) is 18.2. The summed E-state index contributed by atoms with van der Waals surface area (Å²) < 4.78 is 43.6. The molecule has 0 spiro atoms. The van der Waals surface area contributed by atoms with Gasteiger partial charge in [0.05, 0.1) is 5.56 Å². The predicted molar refractivity (Wildman–Crippen MR) is 119 cm³/mol. The number of carboxylic acids is 1. The summed E-state index contributed by atoms with van der Waals surface area (Å²) >= 11 is 0. The number of halogens is 3. The Balaban J connectivity index is 1.71. The molecule has 0 aliphatic carbocycles. The highest BCUT2D eigenvalue weighted by Gasteiger charge is 2.30. The number of alkyl halides is 3. The molecule has 0 amide bonds. The molecule has 0 radical (unpaired) electrons. The second-order valence-corrected chi connectivity index (χ2v) is 7.80. The molecule has 3 aromatic rings. The van der Waals surface area contributed by atoms with Crippen molar-refractivity contribution in [1.82, 2.24) is 0 Å². The van der Waals surface area contributed by atoms with Crippen molar-refractivity contribution in [3.63, 3.8) is 0 Å². The molecule has 0 bridgehead atoms. The summed E-state index contributed by atoms with van der Waals surface area (Å²) in [6.45, 7) is 3.21. The van der Waals surface area contributed by atoms with Gasteiger partial charge in [0.1, 0.15) is 5.75 Å². The molecule has 0 aliphatic rings. The lowest BCUT2D eigenvalue weighted by Gasteiger charge is -2.11. The number of aliphatic carboxylic acids is 1. The van der Waals surface area contributed by atoms with Gasteiger partial charge in [0.25, 0.3) is 0 Å². The first-order chi connectivity index (χ1) is 15.5. The predicted octanol–water partition coefficient (Wildman–Crippen LogP) is 6.27. The lowest BCUT2D eigenvalue weighted by Crippen LogP contribution is -2.10. The lowest BCUT2D eigenvalue weighted by atomic mass is 9.94. The van der Waals surface area contributed by atoms with E-state index in [2.05, 4.69) is 0 Å². The monoisotopic (exact) mass is 456 g/mol. The quantitative estimate of drug-likeness (QED) is 0.406. The molecule has 0 aliphatic heterocycles. The highest BCUT2D eigenvalue weighted by atomic mass is 19.4. The Morgan fingerprint density at radius 1 is 0.879 bits per heavy atom. The van der Waals surface area contributed by atoms with Gasteiger partial charge < -0.3 is 9.84 Å². The second kappa shape index (κ2) is 9.90. The summed E-state index contributed by atoms with van der Waals surface area (Å²) in [5, 5.41) is 8.72. The number of Topliss-reactive ketones (excluding diaryl/α,β-unsaturated/α-hetero) is 1. The Hall–Kier alpha value is -3.61. The minimum atomic E-state index is -4.38. The highest BCUT2D eigenvalue weighted by Crippen LogP contribution is 2.31. The molecular weight excluding hydrogens is 433 g/mol. The second-order valence-electron chi connectivity index (χ2n) is 7.80. The number of ether oxygens (including phenoxy) is 1. The fraction of sp³-hybridized carbons (Fsp3) is 0.231. The van der Waals surface area contributed by atoms with E-state index in [1.807, 2.05) is 25.1 Å². The normalized spacial score (nSPS) is 11.3. The number of hydrogen-bond donors (Lipinski definition) is 1. The zero-order valence-electron chi connectivity index (χ0n) is 18.2. The Morgan fingerprint density at radius 3 is 2.15 bits per heavy atom. The molecule has 7 heteroatoms. The van der Waals surface area contributed by atoms with Gasteiger partial charge in [0.2, 0.25) is 0 Å². The van der Waals surface area contributed by atoms with Crippen LogP contribution in [0.4, 0.5) is 13.2 Å². The van der Waals surface area contributed by atoms with Crippen molar-refractivity contribution in [2.75, 3.05) is 6.61 Å². The van der Waals surface area contributed by atoms with Crippen LogP contribution < -0.4 is 4.74 Å². The van der Waals surface area contributed by atoms with E-state index in [0.29, 0.717) is 28.9 Å². The van der Waals surface area contributed by atoms with Crippen LogP contribution in [0.25, 0.3) is 11.1 Å². The fourth-order valence-corrected chi connectivity index (χ4v) is 3.49. The molecule has 1 N–H and O–H groups in total. The maximum atomic E-state index is 12.8. The van der Waals surface area contributed by atoms with Crippen molar-refractivity contribution < 1.29 is 32.6 Å². The van der Waals surface area contributed by atoms with Crippen molar-refractivity contribution in [3.05, 3.63) is 88.5 Å². The number of carbonyl (C=O) groups excluding carboxylic acids is 1. The highest BCUT2D eigenvalue weighted by molar-refractivity contribution is 5.96. The van der Waals surface area contributed by atoms with E-state index in [1.165, 1.54) is 12.1 Å². The van der Waals surface area contributed by atoms with Gasteiger partial charge in [0, 0.05) is 12.0 Å². The number of ketones is 1. The lowest BCUT2D eigenvalue weighted by molar-refractivity contribution is -0.139. The standard InChI is InChI=1S/C26H23F3O4/c1-16-3-4-20(18-5-9-22(10-6-18)26(27,28)29)14-19(16)7-11-23(30)21-8-12-24(17(2)13-21)33-15-25(31)32/h3-6,8-10,12-14H,7,11,15H2,1-2H3,(H,31,32). The van der Waals surface area contributed by atoms with Gasteiger partial charge in [0.15, 0.2) is 12.4 Å². The summed E-state index contributed by atoms with van der Waals surface area (Å²) in [6, 6.07) is 15.5. The third kappa shape index (κ3) is 6.22. The molecule has 3 rings (SSSR count). The van der Waals surface area contributed by atoms with Crippen LogP contribution in [0.15, 0.2) is 60.7 Å². The number of hydrogen-bond acceptors (Lipinski definition) is 3. The fourth-order valence-electron chi connectivity index (χ4n) is 3.49. The van der Waals surface area contributed by atoms with E-state index in [0.717, 1.165) is 28.8 Å². The maximum absolute atomic E-state index is 12.8. The molecule has 33 heavy (non-hydrogen) atoms. The van der Waals surface area contributed by atoms with Crippen molar-refractivity contribution in [1.29, 1.82) is 0 Å². The molecule has 0 atom stereocenters. The van der Waals surface area contributed by atoms with E-state index in [-0.39, 0.29) is 12.2 Å². The van der Waals surface area contributed by atoms with E-state index in [4.69, 9.17) is 9.84 Å². The van der Waals surface area contributed by atoms with Crippen LogP contribution in [0.2, 0.25) is 0 Å². The number of carbonyl (C=O) groups is 2. The van der Waals surface area contributed by atoms with Crippen LogP contribution in [-0.4, -0.2) is 23.5 Å². The minimum absolute atomic E-state index is 0.0674. The average Bonchev–Trinajstić information content (AvgIpc) is 2.77. The van der Waals surface area contributed by atoms with Crippen molar-refractivity contribution in [2.45, 2.75) is 32.9 Å². The van der Waals surface area contributed by atoms with Crippen LogP contribution in [0.1, 0.15) is 39.0 Å². The first-order valence-electron chi connectivity index (χ1n) is 10.3. The molecule has 172 valence electrons. The third-order valence-corrected chi connectivity index (χ3v) is 5.36. The van der Waals surface area contributed by atoms with Gasteiger partial charge in [-0.05, 0) is 78.4 Å². The van der Waals surface area contributed by atoms with E-state index in [9.17, 15) is 22.8 Å². The van der Waals surface area contributed by atoms with Crippen LogP contribution >= 0.6 is 0 Å². The van der Waals surface area contributed by atoms with Crippen molar-refractivity contribution in [3.8, 4) is 16.9 Å². The molecule has 0 fully saturated rings. The summed E-state index contributed by atoms with van der Waals surface area (Å²) in [6.07, 6.45) is -3.64. The van der Waals surface area contributed by atoms with Crippen molar-refractivity contribution >= 4 is 11.8 Å². The average molecular weight is 456 g/mol. The Bertz CT molecular complexity index is 1170. The zero-order chi connectivity index (χ0) is 24.2. The molecule has 0 unspecified atom stereocenters. The third-order valence-electron chi connectivity index (χ3n) is 5.36. The van der Waals surface area contributed by atoms with Gasteiger partial charge in [-0.1, -0.05) is 30.3 Å². The van der Waals surface area contributed by atoms with Gasteiger partial charge in [-0.25, -0.2) is 4.79 Å². The number of carboxylic acid groups (broad SMARTS) is 1. The number of rotatable bonds is 8. The molecule has 0 saturated carbocycles. The molecule has 0 heterocycles. The first-order valence-corrected chi connectivity index (χ1v) is 10.3. The Morgan fingerprint density at radius 2 is 1.55 bits per heavy atom. The topological polar surface area (TPSA) is 63.6 Å². The van der Waals surface area contributed by atoms with Crippen LogP contribution in [-0.2, 0) is 17.4 Å². The molecule has 3 aromatic carbocycles. The maximum Gasteiger partial charge on any atom is 0.416 e. The van der Waals surface area contributed by atoms with Crippen LogP contribution in [0.5, 0.6) is 5.75 Å². The van der Waals surface area contributed by atoms with E-state index >= 15 is 0 Å². The summed E-state index contributed by atoms with van der Waals surface area (Å²) in [7, 11) is 0. The van der Waals surface area contributed by atoms with Gasteiger partial charge in [-0.15, -0.1) is 0 Å². The molecule has 0 aromatic heterocycles. The summed E-state index contributed by atoms with van der Waals surface area (Å²) in [4.78, 5) is 23.4. The van der Waals surface area contributed by atoms with Crippen molar-refractivity contribution in [2.24, 2.45) is 0 Å². The minimum Gasteiger partial charge on any atom is -0.482 e. The molecule has 4 nitrogen and oxygen atoms in total. The Labute approximate surface area is 189 Å². The SMILES string of the molecule is Cc1ccc(-c2ccc(C(F)(F)F)cc2)cc1CCC(=O)c1ccc(OCC(=O)O)c(C)c1. The summed E-state index contributed by atoms with van der Waals surface area (Å²) in [5.41, 5.74) is 3.87. The van der Waals surface area contributed by atoms with Gasteiger partial charge >= 0.3 is 12.1 Å². The smallest absolute Gasteiger partial charge is 0.416 e. The molecule has 0 saturated heterocycles. The van der Waals surface area contributed by atoms with E-state index in [1.54, 1.807) is 25.1 Å². The first kappa shape index (κ1) is 24.0. The van der Waals surface area contributed by atoms with Gasteiger partial charge in [-0.2, -0.15) is 13.2 Å². The number of benzene rings is 3. The number of aryl methyl sites for hydroxylation is 3. The summed E-state index contributed by atoms with van der Waals surface area (Å²) in [5.74, 6) is -0.736.